The van der Waals surface area contributed by atoms with Gasteiger partial charge in [-0.25, -0.2) is 4.98 Å². The van der Waals surface area contributed by atoms with Gasteiger partial charge < -0.3 is 20.9 Å². The van der Waals surface area contributed by atoms with Crippen LogP contribution in [-0.4, -0.2) is 41.8 Å². The van der Waals surface area contributed by atoms with Gasteiger partial charge in [-0.1, -0.05) is 37.3 Å². The summed E-state index contributed by atoms with van der Waals surface area (Å²) in [4.78, 5) is 11.6. The summed E-state index contributed by atoms with van der Waals surface area (Å²) in [7, 11) is 4.05. The maximum Gasteiger partial charge on any atom is 0.225 e. The molecular formula is C27H36N6S. The third-order valence-electron chi connectivity index (χ3n) is 6.72. The van der Waals surface area contributed by atoms with E-state index >= 15 is 0 Å². The molecule has 2 aromatic carbocycles. The summed E-state index contributed by atoms with van der Waals surface area (Å²) in [5, 5.41) is 12.3. The second-order valence-corrected chi connectivity index (χ2v) is 9.85. The zero-order valence-electron chi connectivity index (χ0n) is 20.7. The molecule has 1 saturated carbocycles. The standard InChI is InChI=1S/C27H36N6S/c1-5-20-10-8-9-18(2)24(20)31-27(34)28-17-19-13-15-21(16-14-19)29-26-30-23-12-7-6-11-22(23)25(32-26)33(3)4/h6-12,19,21H,5,13-17H2,1-4H3,(H2,28,31,34)(H,29,30,32). The zero-order chi connectivity index (χ0) is 24.1. The molecule has 0 amide bonds. The van der Waals surface area contributed by atoms with E-state index in [-0.39, 0.29) is 0 Å². The first-order valence-corrected chi connectivity index (χ1v) is 12.7. The van der Waals surface area contributed by atoms with E-state index in [4.69, 9.17) is 22.2 Å². The molecule has 0 spiro atoms. The molecule has 3 N–H and O–H groups in total. The van der Waals surface area contributed by atoms with Gasteiger partial charge in [0.25, 0.3) is 0 Å². The number of fused-ring (bicyclic) bond motifs is 1. The summed E-state index contributed by atoms with van der Waals surface area (Å²) in [6.07, 6.45) is 5.52. The predicted molar refractivity (Wildman–Crippen MR) is 148 cm³/mol. The highest BCUT2D eigenvalue weighted by molar-refractivity contribution is 7.80. The number of nitrogens with zero attached hydrogens (tertiary/aromatic N) is 3. The third-order valence-corrected chi connectivity index (χ3v) is 6.96. The van der Waals surface area contributed by atoms with Crippen LogP contribution in [0.2, 0.25) is 0 Å². The van der Waals surface area contributed by atoms with E-state index in [0.29, 0.717) is 17.1 Å². The fourth-order valence-corrected chi connectivity index (χ4v) is 4.94. The Morgan fingerprint density at radius 2 is 1.79 bits per heavy atom. The Kier molecular flexibility index (Phi) is 7.83. The van der Waals surface area contributed by atoms with Gasteiger partial charge >= 0.3 is 0 Å². The Balaban J connectivity index is 1.28. The summed E-state index contributed by atoms with van der Waals surface area (Å²) in [6.45, 7) is 5.20. The van der Waals surface area contributed by atoms with Gasteiger partial charge in [0.2, 0.25) is 5.95 Å². The Morgan fingerprint density at radius 3 is 2.53 bits per heavy atom. The van der Waals surface area contributed by atoms with Crippen molar-refractivity contribution in [3.05, 3.63) is 53.6 Å². The van der Waals surface area contributed by atoms with Crippen LogP contribution in [0, 0.1) is 12.8 Å². The molecule has 180 valence electrons. The molecule has 3 aromatic rings. The number of benzene rings is 2. The summed E-state index contributed by atoms with van der Waals surface area (Å²) < 4.78 is 0. The number of thiocarbonyl (C=S) groups is 1. The van der Waals surface area contributed by atoms with E-state index < -0.39 is 0 Å². The highest BCUT2D eigenvalue weighted by Gasteiger charge is 2.22. The minimum absolute atomic E-state index is 0.400. The van der Waals surface area contributed by atoms with Gasteiger partial charge in [-0.2, -0.15) is 4.98 Å². The first-order valence-electron chi connectivity index (χ1n) is 12.3. The fourth-order valence-electron chi connectivity index (χ4n) is 4.76. The van der Waals surface area contributed by atoms with Crippen LogP contribution in [0.4, 0.5) is 17.5 Å². The summed E-state index contributed by atoms with van der Waals surface area (Å²) in [6, 6.07) is 15.0. The van der Waals surface area contributed by atoms with Gasteiger partial charge in [0.15, 0.2) is 5.11 Å². The molecule has 1 heterocycles. The Labute approximate surface area is 208 Å². The van der Waals surface area contributed by atoms with E-state index in [9.17, 15) is 0 Å². The van der Waals surface area contributed by atoms with E-state index in [1.54, 1.807) is 0 Å². The van der Waals surface area contributed by atoms with Crippen molar-refractivity contribution < 1.29 is 0 Å². The average molecular weight is 477 g/mol. The number of aryl methyl sites for hydroxylation is 2. The predicted octanol–water partition coefficient (Wildman–Crippen LogP) is 5.52. The highest BCUT2D eigenvalue weighted by atomic mass is 32.1. The summed E-state index contributed by atoms with van der Waals surface area (Å²) >= 11 is 5.60. The van der Waals surface area contributed by atoms with Crippen molar-refractivity contribution in [1.82, 2.24) is 15.3 Å². The average Bonchev–Trinajstić information content (AvgIpc) is 2.84. The first-order chi connectivity index (χ1) is 16.4. The molecule has 0 radical (unpaired) electrons. The molecule has 1 aliphatic carbocycles. The van der Waals surface area contributed by atoms with Crippen molar-refractivity contribution in [1.29, 1.82) is 0 Å². The molecule has 1 fully saturated rings. The largest absolute Gasteiger partial charge is 0.362 e. The van der Waals surface area contributed by atoms with Gasteiger partial charge in [-0.15, -0.1) is 0 Å². The van der Waals surface area contributed by atoms with Crippen LogP contribution in [0.3, 0.4) is 0 Å². The highest BCUT2D eigenvalue weighted by Crippen LogP contribution is 2.28. The van der Waals surface area contributed by atoms with Crippen molar-refractivity contribution in [2.24, 2.45) is 5.92 Å². The van der Waals surface area contributed by atoms with Crippen molar-refractivity contribution in [3.63, 3.8) is 0 Å². The van der Waals surface area contributed by atoms with Gasteiger partial charge in [0, 0.05) is 37.8 Å². The van der Waals surface area contributed by atoms with E-state index in [0.717, 1.165) is 67.0 Å². The molecule has 4 rings (SSSR count). The first kappa shape index (κ1) is 24.2. The molecule has 1 aromatic heterocycles. The SMILES string of the molecule is CCc1cccc(C)c1NC(=S)NCC1CCC(Nc2nc(N(C)C)c3ccccc3n2)CC1. The number of hydrogen-bond donors (Lipinski definition) is 3. The second-order valence-electron chi connectivity index (χ2n) is 9.44. The Hall–Kier alpha value is -2.93. The minimum atomic E-state index is 0.400. The number of rotatable bonds is 7. The lowest BCUT2D eigenvalue weighted by molar-refractivity contribution is 0.336. The molecule has 34 heavy (non-hydrogen) atoms. The number of aromatic nitrogens is 2. The normalized spacial score (nSPS) is 17.9. The molecule has 0 bridgehead atoms. The monoisotopic (exact) mass is 476 g/mol. The minimum Gasteiger partial charge on any atom is -0.362 e. The molecule has 6 nitrogen and oxygen atoms in total. The number of nitrogens with one attached hydrogen (secondary N) is 3. The van der Waals surface area contributed by atoms with Crippen LogP contribution in [0.5, 0.6) is 0 Å². The molecule has 0 atom stereocenters. The molecule has 7 heteroatoms. The molecular weight excluding hydrogens is 440 g/mol. The van der Waals surface area contributed by atoms with Gasteiger partial charge in [0.05, 0.1) is 5.52 Å². The molecule has 0 aliphatic heterocycles. The lowest BCUT2D eigenvalue weighted by atomic mass is 9.86. The van der Waals surface area contributed by atoms with Crippen LogP contribution in [0.1, 0.15) is 43.7 Å². The maximum atomic E-state index is 5.60. The third kappa shape index (κ3) is 5.76. The molecule has 0 saturated heterocycles. The van der Waals surface area contributed by atoms with Crippen LogP contribution < -0.4 is 20.9 Å². The number of para-hydroxylation sites is 2. The summed E-state index contributed by atoms with van der Waals surface area (Å²) in [5.41, 5.74) is 4.64. The molecule has 1 aliphatic rings. The van der Waals surface area contributed by atoms with Crippen LogP contribution in [0.25, 0.3) is 10.9 Å². The van der Waals surface area contributed by atoms with Gasteiger partial charge in [-0.3, -0.25) is 0 Å². The summed E-state index contributed by atoms with van der Waals surface area (Å²) in [5.74, 6) is 2.29. The lowest BCUT2D eigenvalue weighted by Crippen LogP contribution is -2.36. The van der Waals surface area contributed by atoms with Gasteiger partial charge in [-0.05, 0) is 80.4 Å². The van der Waals surface area contributed by atoms with E-state index in [1.807, 2.05) is 26.2 Å². The van der Waals surface area contributed by atoms with E-state index in [2.05, 4.69) is 65.0 Å². The Bertz CT molecular complexity index is 1140. The van der Waals surface area contributed by atoms with Crippen LogP contribution in [0.15, 0.2) is 42.5 Å². The van der Waals surface area contributed by atoms with Crippen molar-refractivity contribution >= 4 is 45.7 Å². The van der Waals surface area contributed by atoms with E-state index in [1.165, 1.54) is 11.1 Å². The quantitative estimate of drug-likeness (QED) is 0.388. The van der Waals surface area contributed by atoms with Crippen LogP contribution in [-0.2, 0) is 6.42 Å². The lowest BCUT2D eigenvalue weighted by Gasteiger charge is -2.30. The smallest absolute Gasteiger partial charge is 0.225 e. The fraction of sp³-hybridized carbons (Fsp3) is 0.444. The van der Waals surface area contributed by atoms with Crippen molar-refractivity contribution in [3.8, 4) is 0 Å². The second kappa shape index (κ2) is 11.0. The zero-order valence-corrected chi connectivity index (χ0v) is 21.5. The van der Waals surface area contributed by atoms with Crippen LogP contribution >= 0.6 is 12.2 Å². The number of anilines is 3. The Morgan fingerprint density at radius 1 is 1.03 bits per heavy atom. The maximum absolute atomic E-state index is 5.60. The van der Waals surface area contributed by atoms with Crippen molar-refractivity contribution in [2.45, 2.75) is 52.0 Å². The topological polar surface area (TPSA) is 65.1 Å². The molecule has 0 unspecified atom stereocenters. The number of hydrogen-bond acceptors (Lipinski definition) is 5. The van der Waals surface area contributed by atoms with Gasteiger partial charge in [0.1, 0.15) is 5.82 Å². The van der Waals surface area contributed by atoms with Crippen molar-refractivity contribution in [2.75, 3.05) is 36.2 Å².